The molecule has 42 heavy (non-hydrogen) atoms. The van der Waals surface area contributed by atoms with Gasteiger partial charge in [-0.25, -0.2) is 8.78 Å². The van der Waals surface area contributed by atoms with Gasteiger partial charge in [0.15, 0.2) is 5.82 Å². The fourth-order valence-electron chi connectivity index (χ4n) is 7.04. The molecule has 3 aliphatic carbocycles. The Hall–Kier alpha value is -4.36. The van der Waals surface area contributed by atoms with E-state index in [4.69, 9.17) is 11.2 Å². The van der Waals surface area contributed by atoms with E-state index >= 15 is 4.39 Å². The molecular weight excluding hydrogens is 542 g/mol. The van der Waals surface area contributed by atoms with Crippen molar-refractivity contribution in [2.75, 3.05) is 24.6 Å². The third-order valence-corrected chi connectivity index (χ3v) is 9.12. The third kappa shape index (κ3) is 4.14. The minimum atomic E-state index is -1.02. The molecule has 3 aromatic carbocycles. The van der Waals surface area contributed by atoms with Crippen LogP contribution in [0.4, 0.5) is 20.3 Å². The normalized spacial score (nSPS) is 24.6. The first-order valence-electron chi connectivity index (χ1n) is 14.1. The van der Waals surface area contributed by atoms with E-state index in [0.717, 1.165) is 25.2 Å². The fourth-order valence-corrected chi connectivity index (χ4v) is 7.04. The van der Waals surface area contributed by atoms with Crippen molar-refractivity contribution in [1.29, 1.82) is 0 Å². The molecule has 0 amide bonds. The number of terminal acetylenes is 1. The summed E-state index contributed by atoms with van der Waals surface area (Å²) >= 11 is 0. The summed E-state index contributed by atoms with van der Waals surface area (Å²) in [6.07, 6.45) is 10.1. The number of nitrogens with zero attached hydrogens (tertiary/aromatic N) is 4. The molecule has 1 aromatic heterocycles. The molecule has 4 aromatic rings. The van der Waals surface area contributed by atoms with Crippen molar-refractivity contribution < 1.29 is 23.5 Å². The van der Waals surface area contributed by atoms with Gasteiger partial charge in [0.1, 0.15) is 17.2 Å². The third-order valence-electron chi connectivity index (χ3n) is 9.12. The van der Waals surface area contributed by atoms with Gasteiger partial charge in [0, 0.05) is 35.5 Å². The van der Waals surface area contributed by atoms with E-state index in [1.165, 1.54) is 24.3 Å². The summed E-state index contributed by atoms with van der Waals surface area (Å²) in [5.41, 5.74) is -1.98. The Morgan fingerprint density at radius 3 is 2.69 bits per heavy atom. The van der Waals surface area contributed by atoms with Crippen LogP contribution in [0.2, 0.25) is 0 Å². The van der Waals surface area contributed by atoms with Crippen LogP contribution in [0.25, 0.3) is 32.8 Å². The van der Waals surface area contributed by atoms with Gasteiger partial charge in [-0.05, 0) is 56.4 Å². The van der Waals surface area contributed by atoms with Crippen LogP contribution >= 0.6 is 0 Å². The minimum absolute atomic E-state index is 0.0283. The lowest BCUT2D eigenvalue weighted by molar-refractivity contribution is -0.384. The molecule has 8 rings (SSSR count). The summed E-state index contributed by atoms with van der Waals surface area (Å²) < 4.78 is 37.7. The number of benzene rings is 3. The number of piperidine rings is 1. The number of ether oxygens (including phenoxy) is 1. The van der Waals surface area contributed by atoms with E-state index in [1.807, 2.05) is 0 Å². The van der Waals surface area contributed by atoms with Gasteiger partial charge in [0.05, 0.1) is 33.6 Å². The zero-order chi connectivity index (χ0) is 29.4. The van der Waals surface area contributed by atoms with Gasteiger partial charge < -0.3 is 14.7 Å². The molecule has 1 saturated heterocycles. The van der Waals surface area contributed by atoms with Crippen molar-refractivity contribution in [1.82, 2.24) is 9.97 Å². The number of hydrogen-bond acceptors (Lipinski definition) is 7. The molecule has 1 N–H and O–H groups in total. The van der Waals surface area contributed by atoms with Crippen LogP contribution in [0.1, 0.15) is 44.6 Å². The lowest BCUT2D eigenvalue weighted by atomic mass is 9.45. The molecule has 2 heterocycles. The zero-order valence-corrected chi connectivity index (χ0v) is 23.0. The fraction of sp³-hybridized carbons (Fsp3) is 0.375. The highest BCUT2D eigenvalue weighted by Gasteiger charge is 2.57. The van der Waals surface area contributed by atoms with Crippen LogP contribution in [0.5, 0.6) is 6.01 Å². The SMILES string of the molecule is C#Cc1c(F)ccc2cccc(-c3c([N+](=O)[O-])cc4c(N5CCCC(C)(O)C5)nc(OCC56CC(C5)C6)nc4c3F)c12. The Labute approximate surface area is 240 Å². The average molecular weight is 571 g/mol. The predicted octanol–water partition coefficient (Wildman–Crippen LogP) is 6.15. The largest absolute Gasteiger partial charge is 0.463 e. The first-order valence-corrected chi connectivity index (χ1v) is 14.1. The summed E-state index contributed by atoms with van der Waals surface area (Å²) in [6, 6.07) is 8.73. The highest BCUT2D eigenvalue weighted by Crippen LogP contribution is 2.64. The minimum Gasteiger partial charge on any atom is -0.463 e. The van der Waals surface area contributed by atoms with Gasteiger partial charge in [-0.2, -0.15) is 9.97 Å². The van der Waals surface area contributed by atoms with Crippen molar-refractivity contribution in [3.63, 3.8) is 0 Å². The van der Waals surface area contributed by atoms with E-state index in [-0.39, 0.29) is 56.8 Å². The maximum atomic E-state index is 16.8. The van der Waals surface area contributed by atoms with Crippen LogP contribution in [-0.2, 0) is 0 Å². The summed E-state index contributed by atoms with van der Waals surface area (Å²) in [5, 5.41) is 24.1. The van der Waals surface area contributed by atoms with E-state index in [9.17, 15) is 19.6 Å². The maximum absolute atomic E-state index is 16.8. The molecule has 1 unspecified atom stereocenters. The van der Waals surface area contributed by atoms with Crippen LogP contribution in [0, 0.1) is 45.4 Å². The molecule has 1 atom stereocenters. The van der Waals surface area contributed by atoms with Crippen LogP contribution in [-0.4, -0.2) is 45.3 Å². The number of fused-ring (bicyclic) bond motifs is 2. The summed E-state index contributed by atoms with van der Waals surface area (Å²) in [7, 11) is 0. The molecule has 214 valence electrons. The van der Waals surface area contributed by atoms with Gasteiger partial charge in [-0.1, -0.05) is 30.2 Å². The van der Waals surface area contributed by atoms with Gasteiger partial charge in [0.25, 0.3) is 5.69 Å². The summed E-state index contributed by atoms with van der Waals surface area (Å²) in [5.74, 6) is 1.69. The number of hydrogen-bond donors (Lipinski definition) is 1. The average Bonchev–Trinajstić information content (AvgIpc) is 2.90. The summed E-state index contributed by atoms with van der Waals surface area (Å²) in [6.45, 7) is 2.84. The second-order valence-corrected chi connectivity index (χ2v) is 12.3. The second kappa shape index (κ2) is 9.33. The van der Waals surface area contributed by atoms with Gasteiger partial charge >= 0.3 is 6.01 Å². The van der Waals surface area contributed by atoms with Gasteiger partial charge in [-0.15, -0.1) is 6.42 Å². The highest BCUT2D eigenvalue weighted by molar-refractivity contribution is 6.06. The first-order chi connectivity index (χ1) is 20.1. The van der Waals surface area contributed by atoms with Gasteiger partial charge in [-0.3, -0.25) is 10.1 Å². The van der Waals surface area contributed by atoms with Crippen LogP contribution in [0.3, 0.4) is 0 Å². The maximum Gasteiger partial charge on any atom is 0.319 e. The number of rotatable bonds is 6. The number of nitro groups is 1. The zero-order valence-electron chi connectivity index (χ0n) is 23.0. The molecule has 0 spiro atoms. The van der Waals surface area contributed by atoms with E-state index < -0.39 is 27.8 Å². The Bertz CT molecular complexity index is 1830. The Balaban J connectivity index is 1.48. The topological polar surface area (TPSA) is 102 Å². The molecule has 3 saturated carbocycles. The van der Waals surface area contributed by atoms with Crippen molar-refractivity contribution in [3.8, 4) is 29.5 Å². The smallest absolute Gasteiger partial charge is 0.319 e. The predicted molar refractivity (Wildman–Crippen MR) is 154 cm³/mol. The number of aromatic nitrogens is 2. The number of aliphatic hydroxyl groups is 1. The number of β-amino-alcohol motifs (C(OH)–C–C–N with tert-alkyl or cyclic N) is 1. The lowest BCUT2D eigenvalue weighted by Crippen LogP contribution is -2.55. The Morgan fingerprint density at radius 1 is 1.24 bits per heavy atom. The monoisotopic (exact) mass is 570 g/mol. The molecule has 4 fully saturated rings. The number of halogens is 2. The number of nitro benzene ring substituents is 1. The van der Waals surface area contributed by atoms with Crippen molar-refractivity contribution in [2.45, 2.75) is 44.6 Å². The molecule has 0 radical (unpaired) electrons. The molecule has 8 nitrogen and oxygen atoms in total. The van der Waals surface area contributed by atoms with Crippen molar-refractivity contribution >= 4 is 33.2 Å². The van der Waals surface area contributed by atoms with E-state index in [1.54, 1.807) is 24.0 Å². The van der Waals surface area contributed by atoms with E-state index in [0.29, 0.717) is 31.4 Å². The second-order valence-electron chi connectivity index (χ2n) is 12.3. The molecule has 10 heteroatoms. The summed E-state index contributed by atoms with van der Waals surface area (Å²) in [4.78, 5) is 22.7. The molecule has 2 bridgehead atoms. The lowest BCUT2D eigenvalue weighted by Gasteiger charge is -2.61. The number of anilines is 1. The molecule has 1 aliphatic heterocycles. The first kappa shape index (κ1) is 26.5. The van der Waals surface area contributed by atoms with Crippen molar-refractivity contribution in [3.05, 3.63) is 63.7 Å². The standard InChI is InChI=1S/C32H28F2N4O4/c1-3-20-23(33)9-8-19-6-4-7-21(25(19)20)26-24(38(40)41)12-22-28(27(26)34)35-30(42-17-32-13-18(14-32)15-32)36-29(22)37-11-5-10-31(2,39)16-37/h1,4,6-9,12,18,39H,5,10-11,13-17H2,2H3. The van der Waals surface area contributed by atoms with E-state index in [2.05, 4.69) is 15.9 Å². The van der Waals surface area contributed by atoms with Crippen LogP contribution in [0.15, 0.2) is 36.4 Å². The Kier molecular flexibility index (Phi) is 5.89. The highest BCUT2D eigenvalue weighted by atomic mass is 19.1. The molecular formula is C32H28F2N4O4. The van der Waals surface area contributed by atoms with Crippen molar-refractivity contribution in [2.24, 2.45) is 11.3 Å². The quantitative estimate of drug-likeness (QED) is 0.169. The molecule has 4 aliphatic rings. The van der Waals surface area contributed by atoms with Crippen LogP contribution < -0.4 is 9.64 Å². The van der Waals surface area contributed by atoms with Gasteiger partial charge in [0.2, 0.25) is 0 Å². The Morgan fingerprint density at radius 2 is 2.02 bits per heavy atom.